The van der Waals surface area contributed by atoms with Gasteiger partial charge in [-0.3, -0.25) is 4.98 Å². The molecule has 19 heavy (non-hydrogen) atoms. The summed E-state index contributed by atoms with van der Waals surface area (Å²) in [4.78, 5) is 4.46. The summed E-state index contributed by atoms with van der Waals surface area (Å²) >= 11 is 5.77. The predicted molar refractivity (Wildman–Crippen MR) is 91.2 cm³/mol. The van der Waals surface area contributed by atoms with Crippen molar-refractivity contribution in [2.75, 3.05) is 6.54 Å². The lowest BCUT2D eigenvalue weighted by molar-refractivity contribution is 0.544. The molecule has 0 saturated carbocycles. The van der Waals surface area contributed by atoms with Crippen LogP contribution in [0.25, 0.3) is 0 Å². The molecule has 1 atom stereocenters. The van der Waals surface area contributed by atoms with Gasteiger partial charge in [-0.2, -0.15) is 0 Å². The summed E-state index contributed by atoms with van der Waals surface area (Å²) < 4.78 is 2.28. The number of hydrogen-bond donors (Lipinski definition) is 1. The first-order valence-electron chi connectivity index (χ1n) is 6.28. The summed E-state index contributed by atoms with van der Waals surface area (Å²) in [5, 5.41) is 3.53. The molecule has 2 nitrogen and oxygen atoms in total. The van der Waals surface area contributed by atoms with Crippen LogP contribution in [-0.4, -0.2) is 11.5 Å². The molecule has 1 unspecified atom stereocenters. The van der Waals surface area contributed by atoms with Crippen LogP contribution in [0, 0.1) is 3.57 Å². The number of benzene rings is 1. The van der Waals surface area contributed by atoms with Crippen LogP contribution in [0.1, 0.15) is 24.2 Å². The molecular formula is C15H16BrIN2. The van der Waals surface area contributed by atoms with E-state index in [1.165, 1.54) is 9.13 Å². The highest BCUT2D eigenvalue weighted by molar-refractivity contribution is 14.1. The first kappa shape index (κ1) is 14.9. The third-order valence-corrected chi connectivity index (χ3v) is 4.04. The standard InChI is InChI=1S/C15H16BrIN2/c1-2-18-15(11-4-3-5-13(17)8-11)9-14-7-6-12(16)10-19-14/h3-8,10,15,18H,2,9H2,1H3. The Morgan fingerprint density at radius 2 is 2.16 bits per heavy atom. The second kappa shape index (κ2) is 7.36. The van der Waals surface area contributed by atoms with Crippen molar-refractivity contribution in [2.24, 2.45) is 0 Å². The molecule has 0 amide bonds. The highest BCUT2D eigenvalue weighted by Crippen LogP contribution is 2.20. The number of rotatable bonds is 5. The molecular weight excluding hydrogens is 415 g/mol. The minimum absolute atomic E-state index is 0.313. The minimum atomic E-state index is 0.313. The maximum atomic E-state index is 4.46. The van der Waals surface area contributed by atoms with E-state index >= 15 is 0 Å². The topological polar surface area (TPSA) is 24.9 Å². The molecule has 1 heterocycles. The lowest BCUT2D eigenvalue weighted by atomic mass is 10.0. The number of nitrogens with zero attached hydrogens (tertiary/aromatic N) is 1. The van der Waals surface area contributed by atoms with E-state index < -0.39 is 0 Å². The zero-order valence-electron chi connectivity index (χ0n) is 10.7. The summed E-state index contributed by atoms with van der Waals surface area (Å²) in [6, 6.07) is 13.1. The Hall–Kier alpha value is -0.460. The fourth-order valence-electron chi connectivity index (χ4n) is 2.01. The van der Waals surface area contributed by atoms with Crippen LogP contribution in [0.4, 0.5) is 0 Å². The highest BCUT2D eigenvalue weighted by Gasteiger charge is 2.12. The summed E-state index contributed by atoms with van der Waals surface area (Å²) in [5.41, 5.74) is 2.42. The summed E-state index contributed by atoms with van der Waals surface area (Å²) in [6.07, 6.45) is 2.76. The second-order valence-electron chi connectivity index (χ2n) is 4.34. The lowest BCUT2D eigenvalue weighted by Gasteiger charge is -2.18. The molecule has 2 rings (SSSR count). The monoisotopic (exact) mass is 430 g/mol. The second-order valence-corrected chi connectivity index (χ2v) is 6.50. The average Bonchev–Trinajstić information content (AvgIpc) is 2.41. The Bertz CT molecular complexity index is 528. The third-order valence-electron chi connectivity index (χ3n) is 2.90. The Balaban J connectivity index is 2.18. The van der Waals surface area contributed by atoms with E-state index in [4.69, 9.17) is 0 Å². The zero-order valence-corrected chi connectivity index (χ0v) is 14.5. The smallest absolute Gasteiger partial charge is 0.0423 e. The molecule has 0 saturated heterocycles. The van der Waals surface area contributed by atoms with Gasteiger partial charge in [-0.25, -0.2) is 0 Å². The molecule has 100 valence electrons. The zero-order chi connectivity index (χ0) is 13.7. The van der Waals surface area contributed by atoms with E-state index in [0.29, 0.717) is 6.04 Å². The van der Waals surface area contributed by atoms with Gasteiger partial charge in [-0.1, -0.05) is 19.1 Å². The largest absolute Gasteiger partial charge is 0.310 e. The van der Waals surface area contributed by atoms with Crippen molar-refractivity contribution in [3.63, 3.8) is 0 Å². The molecule has 1 N–H and O–H groups in total. The maximum absolute atomic E-state index is 4.46. The number of halogens is 2. The Morgan fingerprint density at radius 3 is 2.79 bits per heavy atom. The normalized spacial score (nSPS) is 12.4. The van der Waals surface area contributed by atoms with Gasteiger partial charge in [0.05, 0.1) is 0 Å². The fraction of sp³-hybridized carbons (Fsp3) is 0.267. The first-order chi connectivity index (χ1) is 9.19. The number of likely N-dealkylation sites (N-methyl/N-ethyl adjacent to an activating group) is 1. The SMILES string of the molecule is CCNC(Cc1ccc(Br)cn1)c1cccc(I)c1. The molecule has 0 fully saturated rings. The molecule has 1 aromatic carbocycles. The van der Waals surface area contributed by atoms with Crippen molar-refractivity contribution in [2.45, 2.75) is 19.4 Å². The molecule has 0 radical (unpaired) electrons. The van der Waals surface area contributed by atoms with Gasteiger partial charge in [0.1, 0.15) is 0 Å². The summed E-state index contributed by atoms with van der Waals surface area (Å²) in [7, 11) is 0. The van der Waals surface area contributed by atoms with Gasteiger partial charge in [0.2, 0.25) is 0 Å². The predicted octanol–water partition coefficient (Wildman–Crippen LogP) is 4.34. The quantitative estimate of drug-likeness (QED) is 0.713. The Labute approximate surface area is 136 Å². The van der Waals surface area contributed by atoms with Gasteiger partial charge < -0.3 is 5.32 Å². The summed E-state index contributed by atoms with van der Waals surface area (Å²) in [5.74, 6) is 0. The highest BCUT2D eigenvalue weighted by atomic mass is 127. The van der Waals surface area contributed by atoms with Crippen molar-refractivity contribution in [3.8, 4) is 0 Å². The fourth-order valence-corrected chi connectivity index (χ4v) is 2.82. The van der Waals surface area contributed by atoms with Gasteiger partial charge in [-0.15, -0.1) is 0 Å². The van der Waals surface area contributed by atoms with E-state index in [9.17, 15) is 0 Å². The van der Waals surface area contributed by atoms with Gasteiger partial charge in [0.25, 0.3) is 0 Å². The van der Waals surface area contributed by atoms with Crippen LogP contribution in [-0.2, 0) is 6.42 Å². The van der Waals surface area contributed by atoms with E-state index in [-0.39, 0.29) is 0 Å². The van der Waals surface area contributed by atoms with Gasteiger partial charge in [0.15, 0.2) is 0 Å². The van der Waals surface area contributed by atoms with Crippen molar-refractivity contribution in [1.82, 2.24) is 10.3 Å². The van der Waals surface area contributed by atoms with E-state index in [1.54, 1.807) is 0 Å². The number of aromatic nitrogens is 1. The van der Waals surface area contributed by atoms with Gasteiger partial charge in [0, 0.05) is 32.4 Å². The molecule has 0 spiro atoms. The first-order valence-corrected chi connectivity index (χ1v) is 8.15. The van der Waals surface area contributed by atoms with E-state index in [1.807, 2.05) is 12.3 Å². The number of nitrogens with one attached hydrogen (secondary N) is 1. The van der Waals surface area contributed by atoms with Gasteiger partial charge >= 0.3 is 0 Å². The van der Waals surface area contributed by atoms with Crippen LogP contribution in [0.15, 0.2) is 47.1 Å². The van der Waals surface area contributed by atoms with Gasteiger partial charge in [-0.05, 0) is 74.9 Å². The maximum Gasteiger partial charge on any atom is 0.0423 e. The Kier molecular flexibility index (Phi) is 5.78. The van der Waals surface area contributed by atoms with E-state index in [0.717, 1.165) is 23.1 Å². The van der Waals surface area contributed by atoms with E-state index in [2.05, 4.69) is 86.1 Å². The van der Waals surface area contributed by atoms with Crippen LogP contribution in [0.3, 0.4) is 0 Å². The summed E-state index contributed by atoms with van der Waals surface area (Å²) in [6.45, 7) is 3.09. The van der Waals surface area contributed by atoms with Crippen molar-refractivity contribution in [1.29, 1.82) is 0 Å². The molecule has 4 heteroatoms. The number of hydrogen-bond acceptors (Lipinski definition) is 2. The lowest BCUT2D eigenvalue weighted by Crippen LogP contribution is -2.23. The average molecular weight is 431 g/mol. The van der Waals surface area contributed by atoms with Crippen molar-refractivity contribution < 1.29 is 0 Å². The van der Waals surface area contributed by atoms with Crippen LogP contribution in [0.2, 0.25) is 0 Å². The molecule has 2 aromatic rings. The molecule has 0 bridgehead atoms. The van der Waals surface area contributed by atoms with Crippen molar-refractivity contribution >= 4 is 38.5 Å². The van der Waals surface area contributed by atoms with Crippen LogP contribution < -0.4 is 5.32 Å². The van der Waals surface area contributed by atoms with Crippen LogP contribution in [0.5, 0.6) is 0 Å². The molecule has 0 aliphatic carbocycles. The third kappa shape index (κ3) is 4.54. The van der Waals surface area contributed by atoms with Crippen LogP contribution >= 0.6 is 38.5 Å². The molecule has 1 aromatic heterocycles. The Morgan fingerprint density at radius 1 is 1.32 bits per heavy atom. The molecule has 0 aliphatic heterocycles. The minimum Gasteiger partial charge on any atom is -0.310 e. The number of pyridine rings is 1. The molecule has 0 aliphatic rings. The van der Waals surface area contributed by atoms with Crippen molar-refractivity contribution in [3.05, 3.63) is 61.9 Å².